The molecule has 2 saturated heterocycles. The standard InChI is InChI=1S/C14H21BN2O2/c1-13(2)14(3,4)19-15(18-13)12-10-11(6-7-16-12)17-8-5-9-17/h6-7,10H,5,8-9H2,1-4H3/i5D2,6D,7D,8D2,9D2,10D. The predicted molar refractivity (Wildman–Crippen MR) is 76.8 cm³/mol. The van der Waals surface area contributed by atoms with E-state index in [2.05, 4.69) is 4.98 Å². The number of pyridine rings is 1. The zero-order valence-electron chi connectivity index (χ0n) is 20.3. The Morgan fingerprint density at radius 2 is 1.95 bits per heavy atom. The molecule has 2 aliphatic rings. The quantitative estimate of drug-likeness (QED) is 0.764. The van der Waals surface area contributed by atoms with E-state index in [-0.39, 0.29) is 5.59 Å². The van der Waals surface area contributed by atoms with Crippen LogP contribution < -0.4 is 10.5 Å². The van der Waals surface area contributed by atoms with Gasteiger partial charge in [-0.25, -0.2) is 0 Å². The molecule has 3 heterocycles. The van der Waals surface area contributed by atoms with Crippen LogP contribution in [0.15, 0.2) is 18.3 Å². The van der Waals surface area contributed by atoms with Crippen LogP contribution in [0, 0.1) is 0 Å². The van der Waals surface area contributed by atoms with E-state index >= 15 is 0 Å². The van der Waals surface area contributed by atoms with Crippen molar-refractivity contribution in [2.24, 2.45) is 0 Å². The number of rotatable bonds is 2. The van der Waals surface area contributed by atoms with Crippen LogP contribution in [0.1, 0.15) is 46.4 Å². The lowest BCUT2D eigenvalue weighted by atomic mass is 9.84. The maximum Gasteiger partial charge on any atom is 0.514 e. The maximum atomic E-state index is 8.43. The molecule has 1 aromatic heterocycles. The third kappa shape index (κ3) is 2.15. The minimum absolute atomic E-state index is 0.186. The average molecular weight is 269 g/mol. The second-order valence-electron chi connectivity index (χ2n) is 5.48. The molecule has 5 heteroatoms. The summed E-state index contributed by atoms with van der Waals surface area (Å²) in [5, 5.41) is 0. The molecule has 0 unspecified atom stereocenters. The van der Waals surface area contributed by atoms with E-state index in [4.69, 9.17) is 21.6 Å². The van der Waals surface area contributed by atoms with Crippen LogP contribution in [0.5, 0.6) is 0 Å². The first-order valence-corrected chi connectivity index (χ1v) is 6.04. The van der Waals surface area contributed by atoms with Crippen molar-refractivity contribution < 1.29 is 21.6 Å². The first kappa shape index (κ1) is 6.14. The van der Waals surface area contributed by atoms with Crippen molar-refractivity contribution in [3.05, 3.63) is 18.3 Å². The molecule has 0 atom stereocenters. The Bertz CT molecular complexity index is 813. The average Bonchev–Trinajstić information content (AvgIpc) is 2.74. The van der Waals surface area contributed by atoms with Crippen LogP contribution in [-0.4, -0.2) is 36.3 Å². The highest BCUT2D eigenvalue weighted by Crippen LogP contribution is 2.36. The highest BCUT2D eigenvalue weighted by molar-refractivity contribution is 6.61. The van der Waals surface area contributed by atoms with Crippen LogP contribution in [0.3, 0.4) is 0 Å². The van der Waals surface area contributed by atoms with Crippen molar-refractivity contribution in [1.29, 1.82) is 0 Å². The van der Waals surface area contributed by atoms with Crippen molar-refractivity contribution in [1.82, 2.24) is 4.98 Å². The second-order valence-corrected chi connectivity index (χ2v) is 5.48. The zero-order chi connectivity index (χ0) is 21.7. The van der Waals surface area contributed by atoms with Gasteiger partial charge in [-0.3, -0.25) is 4.98 Å². The summed E-state index contributed by atoms with van der Waals surface area (Å²) in [7, 11) is -1.17. The van der Waals surface area contributed by atoms with Gasteiger partial charge in [0.25, 0.3) is 0 Å². The van der Waals surface area contributed by atoms with Gasteiger partial charge in [0, 0.05) is 33.1 Å². The molecular formula is C14H21BN2O2. The van der Waals surface area contributed by atoms with Crippen LogP contribution in [0.2, 0.25) is 0 Å². The van der Waals surface area contributed by atoms with E-state index in [0.29, 0.717) is 4.90 Å². The summed E-state index contributed by atoms with van der Waals surface area (Å²) in [5.74, 6) is 0. The van der Waals surface area contributed by atoms with E-state index in [9.17, 15) is 0 Å². The number of nitrogens with zero attached hydrogens (tertiary/aromatic N) is 2. The van der Waals surface area contributed by atoms with E-state index in [1.165, 1.54) is 0 Å². The Labute approximate surface area is 127 Å². The Hall–Kier alpha value is -1.07. The highest BCUT2D eigenvalue weighted by atomic mass is 16.7. The van der Waals surface area contributed by atoms with Crippen LogP contribution in [0.4, 0.5) is 5.69 Å². The molecule has 0 amide bonds. The van der Waals surface area contributed by atoms with Gasteiger partial charge < -0.3 is 14.2 Å². The van der Waals surface area contributed by atoms with Gasteiger partial charge in [0.2, 0.25) is 0 Å². The fraction of sp³-hybridized carbons (Fsp3) is 0.643. The molecule has 0 spiro atoms. The Morgan fingerprint density at radius 1 is 1.32 bits per heavy atom. The Kier molecular flexibility index (Phi) is 1.36. The monoisotopic (exact) mass is 269 g/mol. The largest absolute Gasteiger partial charge is 0.514 e. The summed E-state index contributed by atoms with van der Waals surface area (Å²) in [6.07, 6.45) is -3.50. The third-order valence-electron chi connectivity index (χ3n) is 3.63. The second kappa shape index (κ2) is 4.22. The van der Waals surface area contributed by atoms with Gasteiger partial charge in [0.15, 0.2) is 0 Å². The topological polar surface area (TPSA) is 34.6 Å². The predicted octanol–water partition coefficient (Wildman–Crippen LogP) is 1.59. The number of aromatic nitrogens is 1. The molecule has 2 fully saturated rings. The molecule has 0 bridgehead atoms. The molecule has 0 aliphatic carbocycles. The van der Waals surface area contributed by atoms with E-state index in [0.717, 1.165) is 0 Å². The first-order valence-electron chi connectivity index (χ1n) is 10.5. The maximum absolute atomic E-state index is 8.43. The Morgan fingerprint density at radius 3 is 2.58 bits per heavy atom. The number of anilines is 1. The summed E-state index contributed by atoms with van der Waals surface area (Å²) in [6.45, 7) is 1.45. The van der Waals surface area contributed by atoms with Crippen molar-refractivity contribution in [3.63, 3.8) is 0 Å². The number of hydrogen-bond donors (Lipinski definition) is 0. The summed E-state index contributed by atoms with van der Waals surface area (Å²) in [6, 6.07) is -1.21. The lowest BCUT2D eigenvalue weighted by molar-refractivity contribution is 0.00578. The van der Waals surface area contributed by atoms with E-state index in [1.54, 1.807) is 27.7 Å². The molecule has 0 N–H and O–H groups in total. The molecule has 1 aromatic rings. The van der Waals surface area contributed by atoms with Crippen molar-refractivity contribution in [2.75, 3.05) is 17.9 Å². The van der Waals surface area contributed by atoms with Crippen LogP contribution in [0.25, 0.3) is 0 Å². The summed E-state index contributed by atoms with van der Waals surface area (Å²) in [5.41, 5.74) is -2.29. The SMILES string of the molecule is [2H]c1nc(B2OC(C)(C)C(C)(C)O2)c([2H])c(N2C([2H])([2H])C([2H])([2H])C2([2H])[2H])c1[2H]. The molecule has 102 valence electrons. The minimum atomic E-state index is -2.88. The fourth-order valence-electron chi connectivity index (χ4n) is 1.72. The molecule has 2 aliphatic heterocycles. The van der Waals surface area contributed by atoms with Gasteiger partial charge in [-0.1, -0.05) is 0 Å². The molecule has 0 radical (unpaired) electrons. The number of hydrogen-bond acceptors (Lipinski definition) is 4. The summed E-state index contributed by atoms with van der Waals surface area (Å²) >= 11 is 0. The van der Waals surface area contributed by atoms with Gasteiger partial charge in [-0.15, -0.1) is 0 Å². The fourth-order valence-corrected chi connectivity index (χ4v) is 1.72. The van der Waals surface area contributed by atoms with Crippen LogP contribution >= 0.6 is 0 Å². The van der Waals surface area contributed by atoms with Gasteiger partial charge >= 0.3 is 7.12 Å². The third-order valence-corrected chi connectivity index (χ3v) is 3.63. The van der Waals surface area contributed by atoms with E-state index in [1.807, 2.05) is 0 Å². The van der Waals surface area contributed by atoms with Crippen LogP contribution in [-0.2, 0) is 9.31 Å². The summed E-state index contributed by atoms with van der Waals surface area (Å²) < 4.78 is 83.4. The van der Waals surface area contributed by atoms with Gasteiger partial charge in [0.05, 0.1) is 20.9 Å². The molecule has 4 nitrogen and oxygen atoms in total. The molecule has 0 saturated carbocycles. The van der Waals surface area contributed by atoms with Crippen molar-refractivity contribution in [2.45, 2.75) is 45.3 Å². The normalized spacial score (nSPS) is 39.3. The van der Waals surface area contributed by atoms with E-state index < -0.39 is 61.6 Å². The molecule has 19 heavy (non-hydrogen) atoms. The highest BCUT2D eigenvalue weighted by Gasteiger charge is 2.52. The summed E-state index contributed by atoms with van der Waals surface area (Å²) in [4.78, 5) is 4.28. The minimum Gasteiger partial charge on any atom is -0.398 e. The zero-order valence-corrected chi connectivity index (χ0v) is 11.3. The molecular weight excluding hydrogens is 239 g/mol. The van der Waals surface area contributed by atoms with Gasteiger partial charge in [-0.2, -0.15) is 0 Å². The lowest BCUT2D eigenvalue weighted by Gasteiger charge is -2.33. The Balaban J connectivity index is 2.16. The van der Waals surface area contributed by atoms with Gasteiger partial charge in [-0.05, 0) is 46.2 Å². The first-order chi connectivity index (χ1) is 12.4. The molecule has 3 rings (SSSR count). The molecule has 0 aromatic carbocycles. The van der Waals surface area contributed by atoms with Gasteiger partial charge in [0.1, 0.15) is 0 Å². The van der Waals surface area contributed by atoms with Crippen molar-refractivity contribution in [3.8, 4) is 0 Å². The smallest absolute Gasteiger partial charge is 0.398 e. The lowest BCUT2D eigenvalue weighted by Crippen LogP contribution is -2.41. The van der Waals surface area contributed by atoms with Crippen molar-refractivity contribution >= 4 is 18.4 Å².